The molecule has 0 bridgehead atoms. The minimum Gasteiger partial charge on any atom is -0.347 e. The number of nitrogens with one attached hydrogen (secondary N) is 1. The zero-order valence-corrected chi connectivity index (χ0v) is 10.8. The van der Waals surface area contributed by atoms with Gasteiger partial charge in [0.05, 0.1) is 4.90 Å². The van der Waals surface area contributed by atoms with Crippen molar-refractivity contribution in [2.75, 3.05) is 14.1 Å². The van der Waals surface area contributed by atoms with E-state index in [9.17, 15) is 8.42 Å². The molecular weight excluding hydrogens is 240 g/mol. The van der Waals surface area contributed by atoms with Gasteiger partial charge in [-0.25, -0.2) is 5.84 Å². The lowest BCUT2D eigenvalue weighted by Crippen LogP contribution is -2.48. The summed E-state index contributed by atoms with van der Waals surface area (Å²) in [4.78, 5) is 1.38. The van der Waals surface area contributed by atoms with Crippen molar-refractivity contribution in [1.82, 2.24) is 9.31 Å². The van der Waals surface area contributed by atoms with E-state index in [1.807, 2.05) is 6.92 Å². The highest BCUT2D eigenvalue weighted by Gasteiger charge is 2.24. The number of guanidine groups is 1. The fraction of sp³-hybridized carbons (Fsp3) is 0.300. The van der Waals surface area contributed by atoms with Crippen molar-refractivity contribution in [2.45, 2.75) is 11.8 Å². The number of rotatable bonds is 2. The van der Waals surface area contributed by atoms with Gasteiger partial charge in [-0.2, -0.15) is 12.8 Å². The zero-order valence-electron chi connectivity index (χ0n) is 10.0. The first-order chi connectivity index (χ1) is 7.76. The van der Waals surface area contributed by atoms with E-state index in [0.29, 0.717) is 4.41 Å². The standard InChI is InChI=1S/C10H16N4O2S/c1-8-4-6-9(7-5-8)17(15,16)14(12)10(11)13(2)3/h4-7,11H,12H2,1-3H3. The van der Waals surface area contributed by atoms with Crippen LogP contribution in [0.1, 0.15) is 5.56 Å². The molecule has 0 saturated heterocycles. The van der Waals surface area contributed by atoms with Crippen molar-refractivity contribution in [1.29, 1.82) is 5.41 Å². The minimum absolute atomic E-state index is 0.0669. The molecule has 0 fully saturated rings. The van der Waals surface area contributed by atoms with Crippen LogP contribution in [0.15, 0.2) is 29.2 Å². The Kier molecular flexibility index (Phi) is 3.74. The van der Waals surface area contributed by atoms with Crippen LogP contribution >= 0.6 is 0 Å². The third-order valence-corrected chi connectivity index (χ3v) is 3.77. The van der Waals surface area contributed by atoms with Gasteiger partial charge in [0.1, 0.15) is 0 Å². The summed E-state index contributed by atoms with van der Waals surface area (Å²) in [6, 6.07) is 6.29. The molecule has 1 rings (SSSR count). The van der Waals surface area contributed by atoms with Gasteiger partial charge in [-0.15, -0.1) is 0 Å². The van der Waals surface area contributed by atoms with E-state index >= 15 is 0 Å². The summed E-state index contributed by atoms with van der Waals surface area (Å²) in [6.07, 6.45) is 0. The lowest BCUT2D eigenvalue weighted by atomic mass is 10.2. The summed E-state index contributed by atoms with van der Waals surface area (Å²) in [5.74, 6) is 5.14. The Hall–Kier alpha value is -1.60. The molecule has 6 nitrogen and oxygen atoms in total. The third kappa shape index (κ3) is 2.75. The molecular formula is C10H16N4O2S. The van der Waals surface area contributed by atoms with Crippen LogP contribution in [-0.2, 0) is 10.0 Å². The first-order valence-corrected chi connectivity index (χ1v) is 6.33. The lowest BCUT2D eigenvalue weighted by Gasteiger charge is -2.23. The molecule has 0 saturated carbocycles. The number of hydrogen-bond donors (Lipinski definition) is 2. The first kappa shape index (κ1) is 13.5. The maximum Gasteiger partial charge on any atom is 0.280 e. The van der Waals surface area contributed by atoms with Crippen molar-refractivity contribution >= 4 is 16.0 Å². The fourth-order valence-electron chi connectivity index (χ4n) is 1.13. The number of aryl methyl sites for hydroxylation is 1. The van der Waals surface area contributed by atoms with Crippen LogP contribution in [0.3, 0.4) is 0 Å². The van der Waals surface area contributed by atoms with Gasteiger partial charge in [-0.3, -0.25) is 5.41 Å². The molecule has 1 aromatic carbocycles. The molecule has 0 amide bonds. The summed E-state index contributed by atoms with van der Waals surface area (Å²) in [7, 11) is -0.758. The van der Waals surface area contributed by atoms with Gasteiger partial charge < -0.3 is 4.90 Å². The number of hydrogen-bond acceptors (Lipinski definition) is 4. The summed E-state index contributed by atoms with van der Waals surface area (Å²) in [5.41, 5.74) is 0.954. The average molecular weight is 256 g/mol. The monoisotopic (exact) mass is 256 g/mol. The van der Waals surface area contributed by atoms with Gasteiger partial charge >= 0.3 is 0 Å². The maximum absolute atomic E-state index is 12.0. The molecule has 0 heterocycles. The van der Waals surface area contributed by atoms with Crippen molar-refractivity contribution in [3.63, 3.8) is 0 Å². The highest BCUT2D eigenvalue weighted by atomic mass is 32.2. The second-order valence-electron chi connectivity index (χ2n) is 3.83. The Morgan fingerprint density at radius 1 is 1.24 bits per heavy atom. The molecule has 0 aromatic heterocycles. The topological polar surface area (TPSA) is 90.5 Å². The zero-order chi connectivity index (χ0) is 13.2. The normalized spacial score (nSPS) is 11.1. The lowest BCUT2D eigenvalue weighted by molar-refractivity contribution is 0.474. The second-order valence-corrected chi connectivity index (χ2v) is 5.65. The molecule has 0 spiro atoms. The van der Waals surface area contributed by atoms with E-state index < -0.39 is 10.0 Å². The van der Waals surface area contributed by atoms with Crippen molar-refractivity contribution in [3.8, 4) is 0 Å². The Balaban J connectivity index is 3.11. The van der Waals surface area contributed by atoms with E-state index in [1.165, 1.54) is 17.0 Å². The van der Waals surface area contributed by atoms with Crippen LogP contribution in [0.5, 0.6) is 0 Å². The Morgan fingerprint density at radius 3 is 2.12 bits per heavy atom. The van der Waals surface area contributed by atoms with E-state index in [4.69, 9.17) is 11.3 Å². The van der Waals surface area contributed by atoms with Crippen LogP contribution < -0.4 is 5.84 Å². The van der Waals surface area contributed by atoms with E-state index in [1.54, 1.807) is 26.2 Å². The number of nitrogens with two attached hydrogens (primary N) is 1. The van der Waals surface area contributed by atoms with Crippen LogP contribution in [0.2, 0.25) is 0 Å². The Labute approximate surface area is 101 Å². The van der Waals surface area contributed by atoms with Gasteiger partial charge in [-0.05, 0) is 19.1 Å². The number of sulfonamides is 1. The van der Waals surface area contributed by atoms with Crippen molar-refractivity contribution in [3.05, 3.63) is 29.8 Å². The SMILES string of the molecule is Cc1ccc(S(=O)(=O)N(N)C(=N)N(C)C)cc1. The second kappa shape index (κ2) is 4.72. The van der Waals surface area contributed by atoms with Gasteiger partial charge in [0.25, 0.3) is 10.0 Å². The molecule has 0 aliphatic heterocycles. The quantitative estimate of drug-likeness (QED) is 0.346. The average Bonchev–Trinajstić information content (AvgIpc) is 2.27. The highest BCUT2D eigenvalue weighted by Crippen LogP contribution is 2.14. The molecule has 94 valence electrons. The van der Waals surface area contributed by atoms with Gasteiger partial charge in [0, 0.05) is 14.1 Å². The van der Waals surface area contributed by atoms with E-state index in [-0.39, 0.29) is 10.9 Å². The van der Waals surface area contributed by atoms with Crippen LogP contribution in [0.4, 0.5) is 0 Å². The van der Waals surface area contributed by atoms with Gasteiger partial charge in [0.15, 0.2) is 0 Å². The van der Waals surface area contributed by atoms with Gasteiger partial charge in [-0.1, -0.05) is 17.7 Å². The molecule has 1 aromatic rings. The molecule has 0 aliphatic carbocycles. The number of hydrazine groups is 1. The molecule has 0 unspecified atom stereocenters. The van der Waals surface area contributed by atoms with Crippen LogP contribution in [0.25, 0.3) is 0 Å². The third-order valence-electron chi connectivity index (χ3n) is 2.21. The largest absolute Gasteiger partial charge is 0.347 e. The molecule has 3 N–H and O–H groups in total. The summed E-state index contributed by atoms with van der Waals surface area (Å²) < 4.78 is 24.5. The molecule has 0 radical (unpaired) electrons. The summed E-state index contributed by atoms with van der Waals surface area (Å²) >= 11 is 0. The van der Waals surface area contributed by atoms with Crippen molar-refractivity contribution < 1.29 is 8.42 Å². The Bertz CT molecular complexity index is 508. The van der Waals surface area contributed by atoms with E-state index in [2.05, 4.69) is 0 Å². The highest BCUT2D eigenvalue weighted by molar-refractivity contribution is 7.89. The predicted molar refractivity (Wildman–Crippen MR) is 65.8 cm³/mol. The molecule has 0 atom stereocenters. The van der Waals surface area contributed by atoms with Gasteiger partial charge in [0.2, 0.25) is 5.96 Å². The molecule has 17 heavy (non-hydrogen) atoms. The number of benzene rings is 1. The smallest absolute Gasteiger partial charge is 0.280 e. The fourth-order valence-corrected chi connectivity index (χ4v) is 2.23. The van der Waals surface area contributed by atoms with Crippen LogP contribution in [-0.4, -0.2) is 37.8 Å². The molecule has 0 aliphatic rings. The minimum atomic E-state index is -3.86. The molecule has 7 heteroatoms. The Morgan fingerprint density at radius 2 is 1.71 bits per heavy atom. The summed E-state index contributed by atoms with van der Waals surface area (Å²) in [6.45, 7) is 1.86. The number of nitrogens with zero attached hydrogens (tertiary/aromatic N) is 2. The first-order valence-electron chi connectivity index (χ1n) is 4.89. The summed E-state index contributed by atoms with van der Waals surface area (Å²) in [5, 5.41) is 7.54. The van der Waals surface area contributed by atoms with E-state index in [0.717, 1.165) is 5.56 Å². The van der Waals surface area contributed by atoms with Crippen LogP contribution in [0, 0.1) is 12.3 Å². The van der Waals surface area contributed by atoms with Crippen molar-refractivity contribution in [2.24, 2.45) is 5.84 Å². The maximum atomic E-state index is 12.0. The predicted octanol–water partition coefficient (Wildman–Crippen LogP) is 0.356.